The Hall–Kier alpha value is -1.85. The first-order chi connectivity index (χ1) is 10.1. The van der Waals surface area contributed by atoms with Crippen molar-refractivity contribution in [3.05, 3.63) is 53.3 Å². The second-order valence-electron chi connectivity index (χ2n) is 5.52. The molecule has 0 bridgehead atoms. The van der Waals surface area contributed by atoms with Gasteiger partial charge in [-0.05, 0) is 25.5 Å². The molecule has 0 aliphatic rings. The number of imidazole rings is 1. The fourth-order valence-electron chi connectivity index (χ4n) is 2.38. The molecule has 0 radical (unpaired) electrons. The van der Waals surface area contributed by atoms with Crippen molar-refractivity contribution in [2.75, 3.05) is 5.73 Å². The van der Waals surface area contributed by atoms with Crippen molar-refractivity contribution in [2.45, 2.75) is 33.0 Å². The normalized spacial score (nSPS) is 11.8. The molecule has 0 saturated carbocycles. The largest absolute Gasteiger partial charge is 0.398 e. The number of nitrogen functional groups attached to an aromatic ring is 1. The molecular formula is C16H20N4S. The Balaban J connectivity index is 1.78. The first kappa shape index (κ1) is 14.1. The monoisotopic (exact) mass is 300 g/mol. The standard InChI is InChI=1S/C16H20N4S/c1-12(2)20(9-13-5-3-4-6-15(13)17)11-14-10-19-7-8-21-16(19)18-14/h3-8,10,12H,9,11,17H2,1-2H3. The van der Waals surface area contributed by atoms with Crippen LogP contribution in [0, 0.1) is 0 Å². The second kappa shape index (κ2) is 5.87. The smallest absolute Gasteiger partial charge is 0.193 e. The third-order valence-corrected chi connectivity index (χ3v) is 4.44. The van der Waals surface area contributed by atoms with Gasteiger partial charge >= 0.3 is 0 Å². The Labute approximate surface area is 128 Å². The molecule has 1 aromatic carbocycles. The van der Waals surface area contributed by atoms with Gasteiger partial charge in [0.1, 0.15) is 0 Å². The molecule has 2 aromatic heterocycles. The van der Waals surface area contributed by atoms with Crippen LogP contribution in [0.15, 0.2) is 42.0 Å². The van der Waals surface area contributed by atoms with Gasteiger partial charge in [-0.3, -0.25) is 9.30 Å². The number of nitrogens with two attached hydrogens (primary N) is 1. The summed E-state index contributed by atoms with van der Waals surface area (Å²) in [4.78, 5) is 8.10. The lowest BCUT2D eigenvalue weighted by Gasteiger charge is -2.26. The molecule has 21 heavy (non-hydrogen) atoms. The maximum absolute atomic E-state index is 6.06. The van der Waals surface area contributed by atoms with E-state index in [2.05, 4.69) is 45.8 Å². The van der Waals surface area contributed by atoms with E-state index in [1.807, 2.05) is 24.4 Å². The van der Waals surface area contributed by atoms with Crippen LogP contribution >= 0.6 is 11.3 Å². The van der Waals surface area contributed by atoms with Crippen molar-refractivity contribution in [3.63, 3.8) is 0 Å². The van der Waals surface area contributed by atoms with E-state index < -0.39 is 0 Å². The van der Waals surface area contributed by atoms with E-state index in [9.17, 15) is 0 Å². The summed E-state index contributed by atoms with van der Waals surface area (Å²) in [6.45, 7) is 6.09. The summed E-state index contributed by atoms with van der Waals surface area (Å²) >= 11 is 1.66. The van der Waals surface area contributed by atoms with Crippen molar-refractivity contribution in [3.8, 4) is 0 Å². The summed E-state index contributed by atoms with van der Waals surface area (Å²) in [6, 6.07) is 8.50. The molecule has 0 amide bonds. The van der Waals surface area contributed by atoms with Crippen molar-refractivity contribution in [2.24, 2.45) is 0 Å². The number of para-hydroxylation sites is 1. The minimum absolute atomic E-state index is 0.435. The number of nitrogens with zero attached hydrogens (tertiary/aromatic N) is 3. The fraction of sp³-hybridized carbons (Fsp3) is 0.312. The fourth-order valence-corrected chi connectivity index (χ4v) is 3.10. The van der Waals surface area contributed by atoms with Crippen LogP contribution in [0.1, 0.15) is 25.1 Å². The summed E-state index contributed by atoms with van der Waals surface area (Å²) in [5.41, 5.74) is 9.19. The van der Waals surface area contributed by atoms with E-state index in [1.165, 1.54) is 5.56 Å². The average Bonchev–Trinajstić information content (AvgIpc) is 3.01. The van der Waals surface area contributed by atoms with Crippen LogP contribution in [0.4, 0.5) is 5.69 Å². The number of hydrogen-bond donors (Lipinski definition) is 1. The van der Waals surface area contributed by atoms with Crippen LogP contribution in [0.25, 0.3) is 4.96 Å². The van der Waals surface area contributed by atoms with Gasteiger partial charge < -0.3 is 5.73 Å². The molecule has 2 N–H and O–H groups in total. The van der Waals surface area contributed by atoms with E-state index in [0.29, 0.717) is 6.04 Å². The number of aromatic nitrogens is 2. The molecule has 0 unspecified atom stereocenters. The Kier molecular flexibility index (Phi) is 3.94. The van der Waals surface area contributed by atoms with E-state index in [4.69, 9.17) is 5.73 Å². The molecule has 0 saturated heterocycles. The summed E-state index contributed by atoms with van der Waals surface area (Å²) in [7, 11) is 0. The molecule has 0 aliphatic carbocycles. The third kappa shape index (κ3) is 3.09. The molecule has 2 heterocycles. The van der Waals surface area contributed by atoms with Gasteiger partial charge in [-0.2, -0.15) is 0 Å². The molecule has 0 spiro atoms. The molecule has 5 heteroatoms. The van der Waals surface area contributed by atoms with Gasteiger partial charge in [-0.15, -0.1) is 11.3 Å². The van der Waals surface area contributed by atoms with Gasteiger partial charge in [0.05, 0.1) is 5.69 Å². The number of thiazole rings is 1. The zero-order valence-electron chi connectivity index (χ0n) is 12.4. The van der Waals surface area contributed by atoms with Crippen LogP contribution in [-0.4, -0.2) is 20.3 Å². The zero-order chi connectivity index (χ0) is 14.8. The minimum atomic E-state index is 0.435. The number of hydrogen-bond acceptors (Lipinski definition) is 4. The Bertz CT molecular complexity index is 700. The SMILES string of the molecule is CC(C)N(Cc1cn2ccsc2n1)Cc1ccccc1N. The quantitative estimate of drug-likeness (QED) is 0.735. The lowest BCUT2D eigenvalue weighted by molar-refractivity contribution is 0.202. The lowest BCUT2D eigenvalue weighted by atomic mass is 10.1. The predicted octanol–water partition coefficient (Wildman–Crippen LogP) is 3.39. The van der Waals surface area contributed by atoms with Crippen LogP contribution in [0.3, 0.4) is 0 Å². The maximum atomic E-state index is 6.06. The predicted molar refractivity (Wildman–Crippen MR) is 88.3 cm³/mol. The van der Waals surface area contributed by atoms with Gasteiger partial charge in [-0.25, -0.2) is 4.98 Å². The van der Waals surface area contributed by atoms with Gasteiger partial charge in [0.2, 0.25) is 0 Å². The Morgan fingerprint density at radius 1 is 1.29 bits per heavy atom. The van der Waals surface area contributed by atoms with Gasteiger partial charge in [0.15, 0.2) is 4.96 Å². The highest BCUT2D eigenvalue weighted by Crippen LogP contribution is 2.18. The van der Waals surface area contributed by atoms with Crippen LogP contribution in [0.5, 0.6) is 0 Å². The minimum Gasteiger partial charge on any atom is -0.398 e. The molecule has 4 nitrogen and oxygen atoms in total. The lowest BCUT2D eigenvalue weighted by Crippen LogP contribution is -2.30. The van der Waals surface area contributed by atoms with Crippen LogP contribution in [0.2, 0.25) is 0 Å². The molecule has 0 fully saturated rings. The van der Waals surface area contributed by atoms with Gasteiger partial charge in [-0.1, -0.05) is 18.2 Å². The summed E-state index contributed by atoms with van der Waals surface area (Å²) in [5, 5.41) is 2.05. The average molecular weight is 300 g/mol. The summed E-state index contributed by atoms with van der Waals surface area (Å²) in [5.74, 6) is 0. The Morgan fingerprint density at radius 2 is 2.10 bits per heavy atom. The van der Waals surface area contributed by atoms with Crippen LogP contribution < -0.4 is 5.73 Å². The van der Waals surface area contributed by atoms with Crippen molar-refractivity contribution < 1.29 is 0 Å². The van der Waals surface area contributed by atoms with Crippen LogP contribution in [-0.2, 0) is 13.1 Å². The molecular weight excluding hydrogens is 280 g/mol. The van der Waals surface area contributed by atoms with E-state index in [1.54, 1.807) is 11.3 Å². The van der Waals surface area contributed by atoms with E-state index >= 15 is 0 Å². The molecule has 3 rings (SSSR count). The van der Waals surface area contributed by atoms with E-state index in [-0.39, 0.29) is 0 Å². The van der Waals surface area contributed by atoms with Crippen molar-refractivity contribution in [1.82, 2.24) is 14.3 Å². The summed E-state index contributed by atoms with van der Waals surface area (Å²) < 4.78 is 2.08. The summed E-state index contributed by atoms with van der Waals surface area (Å²) in [6.07, 6.45) is 4.15. The highest BCUT2D eigenvalue weighted by Gasteiger charge is 2.14. The molecule has 0 atom stereocenters. The highest BCUT2D eigenvalue weighted by atomic mass is 32.1. The Morgan fingerprint density at radius 3 is 2.81 bits per heavy atom. The highest BCUT2D eigenvalue weighted by molar-refractivity contribution is 7.15. The zero-order valence-corrected chi connectivity index (χ0v) is 13.2. The van der Waals surface area contributed by atoms with Crippen molar-refractivity contribution >= 4 is 22.0 Å². The molecule has 3 aromatic rings. The number of anilines is 1. The topological polar surface area (TPSA) is 46.6 Å². The number of rotatable bonds is 5. The number of benzene rings is 1. The first-order valence-electron chi connectivity index (χ1n) is 7.12. The van der Waals surface area contributed by atoms with E-state index in [0.717, 1.165) is 29.4 Å². The molecule has 0 aliphatic heterocycles. The van der Waals surface area contributed by atoms with Crippen molar-refractivity contribution in [1.29, 1.82) is 0 Å². The number of fused-ring (bicyclic) bond motifs is 1. The molecule has 110 valence electrons. The second-order valence-corrected chi connectivity index (χ2v) is 6.40. The first-order valence-corrected chi connectivity index (χ1v) is 8.00. The third-order valence-electron chi connectivity index (χ3n) is 3.67. The van der Waals surface area contributed by atoms with Gasteiger partial charge in [0.25, 0.3) is 0 Å². The van der Waals surface area contributed by atoms with Gasteiger partial charge in [0, 0.05) is 42.6 Å². The maximum Gasteiger partial charge on any atom is 0.193 e.